The maximum Gasteiger partial charge on any atom is 0.255 e. The van der Waals surface area contributed by atoms with Crippen LogP contribution in [-0.4, -0.2) is 41.1 Å². The molecule has 0 bridgehead atoms. The van der Waals surface area contributed by atoms with E-state index >= 15 is 0 Å². The van der Waals surface area contributed by atoms with Crippen LogP contribution in [0.15, 0.2) is 47.4 Å². The van der Waals surface area contributed by atoms with Gasteiger partial charge in [-0.15, -0.1) is 0 Å². The van der Waals surface area contributed by atoms with Crippen LogP contribution < -0.4 is 19.5 Å². The summed E-state index contributed by atoms with van der Waals surface area (Å²) in [4.78, 5) is 12.5. The van der Waals surface area contributed by atoms with E-state index in [2.05, 4.69) is 14.8 Å². The van der Waals surface area contributed by atoms with Crippen LogP contribution in [0.25, 0.3) is 0 Å². The molecule has 0 aliphatic rings. The molecule has 0 radical (unpaired) electrons. The lowest BCUT2D eigenvalue weighted by Crippen LogP contribution is -2.40. The van der Waals surface area contributed by atoms with Gasteiger partial charge in [0.15, 0.2) is 0 Å². The van der Waals surface area contributed by atoms with Crippen molar-refractivity contribution >= 4 is 37.3 Å². The molecule has 0 spiro atoms. The Morgan fingerprint density at radius 1 is 0.968 bits per heavy atom. The molecule has 11 heteroatoms. The molecule has 0 aromatic heterocycles. The third-order valence-electron chi connectivity index (χ3n) is 3.95. The van der Waals surface area contributed by atoms with E-state index in [1.54, 1.807) is 20.8 Å². The van der Waals surface area contributed by atoms with Gasteiger partial charge in [-0.2, -0.15) is 0 Å². The molecule has 9 nitrogen and oxygen atoms in total. The molecule has 0 heterocycles. The summed E-state index contributed by atoms with van der Waals surface area (Å²) in [6.45, 7) is 6.64. The number of benzene rings is 2. The number of amides is 1. The third kappa shape index (κ3) is 6.94. The Morgan fingerprint density at radius 2 is 1.55 bits per heavy atom. The molecule has 3 N–H and O–H groups in total. The van der Waals surface area contributed by atoms with Crippen molar-refractivity contribution in [3.8, 4) is 5.75 Å². The minimum absolute atomic E-state index is 0.0573. The maximum atomic E-state index is 12.8. The lowest BCUT2D eigenvalue weighted by Gasteiger charge is -2.21. The number of rotatable bonds is 8. The van der Waals surface area contributed by atoms with E-state index in [4.69, 9.17) is 4.74 Å². The van der Waals surface area contributed by atoms with Gasteiger partial charge in [0.05, 0.1) is 12.9 Å². The first-order valence-corrected chi connectivity index (χ1v) is 12.5. The Hall–Kier alpha value is -2.63. The van der Waals surface area contributed by atoms with Crippen LogP contribution in [0, 0.1) is 0 Å². The number of anilines is 2. The summed E-state index contributed by atoms with van der Waals surface area (Å²) in [5.74, 6) is -0.476. The monoisotopic (exact) mass is 469 g/mol. The van der Waals surface area contributed by atoms with E-state index in [0.29, 0.717) is 11.4 Å². The Morgan fingerprint density at radius 3 is 2.06 bits per heavy atom. The highest BCUT2D eigenvalue weighted by atomic mass is 32.2. The van der Waals surface area contributed by atoms with Crippen LogP contribution in [0.3, 0.4) is 0 Å². The minimum atomic E-state index is -3.94. The Labute approximate surface area is 183 Å². The standard InChI is InChI=1S/C20H27N3O6S2/c1-6-30(25,26)22-16-10-8-15(9-11-16)21-19(24)14-7-12-17(29-5)18(13-14)31(27,28)23-20(2,3)4/h7-13,22-23H,6H2,1-5H3,(H,21,24). The average molecular weight is 470 g/mol. The second-order valence-corrected chi connectivity index (χ2v) is 11.4. The number of hydrogen-bond donors (Lipinski definition) is 3. The molecule has 0 atom stereocenters. The number of nitrogens with one attached hydrogen (secondary N) is 3. The van der Waals surface area contributed by atoms with Crippen molar-refractivity contribution in [3.63, 3.8) is 0 Å². The van der Waals surface area contributed by atoms with Crippen LogP contribution in [0.4, 0.5) is 11.4 Å². The smallest absolute Gasteiger partial charge is 0.255 e. The van der Waals surface area contributed by atoms with Gasteiger partial charge < -0.3 is 10.1 Å². The molecular formula is C20H27N3O6S2. The first kappa shape index (κ1) is 24.6. The minimum Gasteiger partial charge on any atom is -0.495 e. The normalized spacial score (nSPS) is 12.3. The van der Waals surface area contributed by atoms with Gasteiger partial charge in [-0.1, -0.05) is 0 Å². The highest BCUT2D eigenvalue weighted by molar-refractivity contribution is 7.92. The molecule has 2 rings (SSSR count). The van der Waals surface area contributed by atoms with Crippen LogP contribution in [0.5, 0.6) is 5.75 Å². The quantitative estimate of drug-likeness (QED) is 0.545. The summed E-state index contributed by atoms with van der Waals surface area (Å²) in [6, 6.07) is 10.2. The topological polar surface area (TPSA) is 131 Å². The van der Waals surface area contributed by atoms with Crippen molar-refractivity contribution in [2.75, 3.05) is 22.9 Å². The Kier molecular flexibility index (Phi) is 7.35. The van der Waals surface area contributed by atoms with Crippen molar-refractivity contribution in [2.24, 2.45) is 0 Å². The van der Waals surface area contributed by atoms with Gasteiger partial charge in [-0.05, 0) is 70.2 Å². The van der Waals surface area contributed by atoms with Crippen LogP contribution in [0.2, 0.25) is 0 Å². The van der Waals surface area contributed by atoms with Crippen molar-refractivity contribution < 1.29 is 26.4 Å². The van der Waals surface area contributed by atoms with E-state index in [0.717, 1.165) is 0 Å². The molecule has 0 fully saturated rings. The van der Waals surface area contributed by atoms with E-state index in [-0.39, 0.29) is 22.0 Å². The highest BCUT2D eigenvalue weighted by Crippen LogP contribution is 2.26. The summed E-state index contributed by atoms with van der Waals surface area (Å²) in [7, 11) is -5.99. The highest BCUT2D eigenvalue weighted by Gasteiger charge is 2.26. The van der Waals surface area contributed by atoms with Gasteiger partial charge in [0.25, 0.3) is 5.91 Å². The van der Waals surface area contributed by atoms with Gasteiger partial charge in [-0.3, -0.25) is 9.52 Å². The molecule has 0 saturated heterocycles. The van der Waals surface area contributed by atoms with Gasteiger partial charge >= 0.3 is 0 Å². The number of sulfonamides is 2. The van der Waals surface area contributed by atoms with Crippen LogP contribution >= 0.6 is 0 Å². The molecule has 0 aliphatic carbocycles. The fourth-order valence-electron chi connectivity index (χ4n) is 2.56. The number of ether oxygens (including phenoxy) is 1. The van der Waals surface area contributed by atoms with Crippen molar-refractivity contribution in [3.05, 3.63) is 48.0 Å². The molecule has 0 aliphatic heterocycles. The van der Waals surface area contributed by atoms with Gasteiger partial charge in [0, 0.05) is 22.5 Å². The number of hydrogen-bond acceptors (Lipinski definition) is 6. The number of carbonyl (C=O) groups is 1. The summed E-state index contributed by atoms with van der Waals surface area (Å²) in [6.07, 6.45) is 0. The van der Waals surface area contributed by atoms with E-state index < -0.39 is 31.5 Å². The fraction of sp³-hybridized carbons (Fsp3) is 0.350. The second kappa shape index (κ2) is 9.25. The average Bonchev–Trinajstić information content (AvgIpc) is 2.67. The first-order chi connectivity index (χ1) is 14.3. The SMILES string of the molecule is CCS(=O)(=O)Nc1ccc(NC(=O)c2ccc(OC)c(S(=O)(=O)NC(C)(C)C)c2)cc1. The van der Waals surface area contributed by atoms with E-state index in [9.17, 15) is 21.6 Å². The van der Waals surface area contributed by atoms with Gasteiger partial charge in [0.2, 0.25) is 20.0 Å². The second-order valence-electron chi connectivity index (χ2n) is 7.76. The molecule has 170 valence electrons. The zero-order valence-electron chi connectivity index (χ0n) is 18.0. The zero-order chi connectivity index (χ0) is 23.4. The number of methoxy groups -OCH3 is 1. The summed E-state index contributed by atoms with van der Waals surface area (Å²) < 4.78 is 58.9. The van der Waals surface area contributed by atoms with Crippen molar-refractivity contribution in [1.82, 2.24) is 4.72 Å². The molecule has 0 unspecified atom stereocenters. The summed E-state index contributed by atoms with van der Waals surface area (Å²) in [5, 5.41) is 2.65. The third-order valence-corrected chi connectivity index (χ3v) is 7.04. The molecule has 2 aromatic rings. The lowest BCUT2D eigenvalue weighted by molar-refractivity contribution is 0.102. The zero-order valence-corrected chi connectivity index (χ0v) is 19.6. The van der Waals surface area contributed by atoms with E-state index in [1.165, 1.54) is 56.5 Å². The van der Waals surface area contributed by atoms with Gasteiger partial charge in [-0.25, -0.2) is 21.6 Å². The predicted octanol–water partition coefficient (Wildman–Crippen LogP) is 2.79. The molecular weight excluding hydrogens is 442 g/mol. The van der Waals surface area contributed by atoms with E-state index in [1.807, 2.05) is 0 Å². The Bertz CT molecular complexity index is 1150. The maximum absolute atomic E-state index is 12.8. The Balaban J connectivity index is 2.26. The van der Waals surface area contributed by atoms with Gasteiger partial charge in [0.1, 0.15) is 10.6 Å². The molecule has 1 amide bonds. The summed E-state index contributed by atoms with van der Waals surface area (Å²) >= 11 is 0. The predicted molar refractivity (Wildman–Crippen MR) is 121 cm³/mol. The first-order valence-electron chi connectivity index (χ1n) is 9.40. The molecule has 31 heavy (non-hydrogen) atoms. The van der Waals surface area contributed by atoms with Crippen LogP contribution in [0.1, 0.15) is 38.1 Å². The fourth-order valence-corrected chi connectivity index (χ4v) is 4.82. The largest absolute Gasteiger partial charge is 0.495 e. The summed E-state index contributed by atoms with van der Waals surface area (Å²) in [5.41, 5.74) is 0.178. The molecule has 0 saturated carbocycles. The lowest BCUT2D eigenvalue weighted by atomic mass is 10.1. The number of carbonyl (C=O) groups excluding carboxylic acids is 1. The van der Waals surface area contributed by atoms with Crippen molar-refractivity contribution in [1.29, 1.82) is 0 Å². The van der Waals surface area contributed by atoms with Crippen molar-refractivity contribution in [2.45, 2.75) is 38.1 Å². The molecule has 2 aromatic carbocycles. The van der Waals surface area contributed by atoms with Crippen LogP contribution in [-0.2, 0) is 20.0 Å².